The molecule has 1 aromatic carbocycles. The minimum Gasteiger partial charge on any atom is -0.328 e. The van der Waals surface area contributed by atoms with Crippen LogP contribution in [0.4, 0.5) is 0 Å². The summed E-state index contributed by atoms with van der Waals surface area (Å²) in [7, 11) is -6.66. The van der Waals surface area contributed by atoms with E-state index >= 15 is 0 Å². The number of sulfone groups is 1. The molecule has 6 nitrogen and oxygen atoms in total. The van der Waals surface area contributed by atoms with Crippen LogP contribution in [0.3, 0.4) is 0 Å². The number of benzene rings is 1. The number of nitrogens with zero attached hydrogens (tertiary/aromatic N) is 1. The molecule has 1 aliphatic heterocycles. The van der Waals surface area contributed by atoms with Gasteiger partial charge in [0.25, 0.3) is 0 Å². The third-order valence-corrected chi connectivity index (χ3v) is 7.00. The van der Waals surface area contributed by atoms with E-state index in [2.05, 4.69) is 0 Å². The van der Waals surface area contributed by atoms with Crippen LogP contribution in [-0.4, -0.2) is 46.5 Å². The predicted octanol–water partition coefficient (Wildman–Crippen LogP) is 0.979. The summed E-state index contributed by atoms with van der Waals surface area (Å²) >= 11 is 0. The fourth-order valence-corrected chi connectivity index (χ4v) is 5.12. The molecule has 0 radical (unpaired) electrons. The Hall–Kier alpha value is -0.960. The van der Waals surface area contributed by atoms with E-state index in [0.29, 0.717) is 24.6 Å². The quantitative estimate of drug-likeness (QED) is 0.844. The van der Waals surface area contributed by atoms with Crippen LogP contribution in [0.2, 0.25) is 0 Å². The molecule has 0 amide bonds. The molecule has 2 N–H and O–H groups in total. The average molecular weight is 361 g/mol. The third-order valence-electron chi connectivity index (χ3n) is 4.23. The fraction of sp³-hybridized carbons (Fsp3) is 0.600. The Labute approximate surface area is 138 Å². The first kappa shape index (κ1) is 18.4. The van der Waals surface area contributed by atoms with Crippen LogP contribution in [0.25, 0.3) is 0 Å². The molecule has 130 valence electrons. The Morgan fingerprint density at radius 2 is 1.65 bits per heavy atom. The van der Waals surface area contributed by atoms with Crippen LogP contribution >= 0.6 is 0 Å². The van der Waals surface area contributed by atoms with E-state index in [1.165, 1.54) is 16.4 Å². The van der Waals surface area contributed by atoms with Crippen molar-refractivity contribution in [3.8, 4) is 0 Å². The molecule has 1 atom stereocenters. The van der Waals surface area contributed by atoms with Crippen molar-refractivity contribution in [1.29, 1.82) is 0 Å². The number of piperidine rings is 1. The van der Waals surface area contributed by atoms with Gasteiger partial charge in [-0.05, 0) is 43.4 Å². The van der Waals surface area contributed by atoms with Crippen molar-refractivity contribution >= 4 is 19.9 Å². The summed E-state index contributed by atoms with van der Waals surface area (Å²) in [5, 5.41) is 0. The Kier molecular flexibility index (Phi) is 5.50. The van der Waals surface area contributed by atoms with Crippen LogP contribution in [0.5, 0.6) is 0 Å². The van der Waals surface area contributed by atoms with Crippen LogP contribution in [0.1, 0.15) is 25.3 Å². The Morgan fingerprint density at radius 3 is 2.09 bits per heavy atom. The number of rotatable bonds is 5. The first-order valence-electron chi connectivity index (χ1n) is 7.62. The Bertz CT molecular complexity index is 732. The van der Waals surface area contributed by atoms with E-state index < -0.39 is 19.9 Å². The summed E-state index contributed by atoms with van der Waals surface area (Å²) in [6.45, 7) is 2.90. The minimum atomic E-state index is -3.53. The normalized spacial score (nSPS) is 19.6. The van der Waals surface area contributed by atoms with Crippen molar-refractivity contribution in [3.63, 3.8) is 0 Å². The summed E-state index contributed by atoms with van der Waals surface area (Å²) < 4.78 is 49.3. The van der Waals surface area contributed by atoms with Gasteiger partial charge in [0, 0.05) is 25.4 Å². The minimum absolute atomic E-state index is 0.0788. The van der Waals surface area contributed by atoms with Gasteiger partial charge in [0.2, 0.25) is 10.0 Å². The van der Waals surface area contributed by atoms with Gasteiger partial charge >= 0.3 is 0 Å². The summed E-state index contributed by atoms with van der Waals surface area (Å²) in [4.78, 5) is 0.203. The van der Waals surface area contributed by atoms with Crippen molar-refractivity contribution in [2.45, 2.75) is 36.5 Å². The van der Waals surface area contributed by atoms with E-state index in [0.717, 1.165) is 19.1 Å². The van der Waals surface area contributed by atoms with Gasteiger partial charge in [0.1, 0.15) is 0 Å². The van der Waals surface area contributed by atoms with E-state index in [9.17, 15) is 16.8 Å². The van der Waals surface area contributed by atoms with Gasteiger partial charge in [-0.25, -0.2) is 16.8 Å². The largest absolute Gasteiger partial charge is 0.328 e. The van der Waals surface area contributed by atoms with Gasteiger partial charge in [-0.3, -0.25) is 0 Å². The maximum Gasteiger partial charge on any atom is 0.243 e. The molecule has 0 bridgehead atoms. The number of nitrogens with two attached hydrogens (primary N) is 1. The van der Waals surface area contributed by atoms with Crippen molar-refractivity contribution in [1.82, 2.24) is 4.31 Å². The topological polar surface area (TPSA) is 97.5 Å². The molecule has 1 aromatic rings. The molecular formula is C15H24N2O4S2. The van der Waals surface area contributed by atoms with Crippen molar-refractivity contribution < 1.29 is 16.8 Å². The molecular weight excluding hydrogens is 336 g/mol. The van der Waals surface area contributed by atoms with Gasteiger partial charge in [-0.1, -0.05) is 12.1 Å². The maximum atomic E-state index is 12.6. The SMILES string of the molecule is CC(N)C1CCN(S(=O)(=O)c2ccc(CS(C)(=O)=O)cc2)CC1. The highest BCUT2D eigenvalue weighted by Gasteiger charge is 2.30. The zero-order valence-corrected chi connectivity index (χ0v) is 15.1. The first-order valence-corrected chi connectivity index (χ1v) is 11.1. The lowest BCUT2D eigenvalue weighted by Crippen LogP contribution is -2.42. The van der Waals surface area contributed by atoms with Crippen LogP contribution in [0, 0.1) is 5.92 Å². The lowest BCUT2D eigenvalue weighted by atomic mass is 9.92. The second-order valence-corrected chi connectivity index (χ2v) is 10.4. The molecule has 8 heteroatoms. The maximum absolute atomic E-state index is 12.6. The third kappa shape index (κ3) is 4.76. The van der Waals surface area contributed by atoms with Crippen molar-refractivity contribution in [2.24, 2.45) is 11.7 Å². The molecule has 0 spiro atoms. The molecule has 0 saturated carbocycles. The van der Waals surface area contributed by atoms with Gasteiger partial charge in [-0.2, -0.15) is 4.31 Å². The van der Waals surface area contributed by atoms with Gasteiger partial charge in [0.05, 0.1) is 10.6 Å². The molecule has 0 aromatic heterocycles. The zero-order valence-electron chi connectivity index (χ0n) is 13.5. The van der Waals surface area contributed by atoms with Gasteiger partial charge < -0.3 is 5.73 Å². The molecule has 1 aliphatic rings. The number of hydrogen-bond donors (Lipinski definition) is 1. The molecule has 23 heavy (non-hydrogen) atoms. The average Bonchev–Trinajstić information content (AvgIpc) is 2.46. The van der Waals surface area contributed by atoms with Crippen molar-refractivity contribution in [2.75, 3.05) is 19.3 Å². The van der Waals surface area contributed by atoms with Crippen LogP contribution in [0.15, 0.2) is 29.2 Å². The molecule has 1 unspecified atom stereocenters. The van der Waals surface area contributed by atoms with E-state index in [1.807, 2.05) is 6.92 Å². The fourth-order valence-electron chi connectivity index (χ4n) is 2.85. The summed E-state index contributed by atoms with van der Waals surface area (Å²) in [5.74, 6) is 0.270. The summed E-state index contributed by atoms with van der Waals surface area (Å²) in [6.07, 6.45) is 2.69. The highest BCUT2D eigenvalue weighted by atomic mass is 32.2. The second kappa shape index (κ2) is 6.88. The Balaban J connectivity index is 2.11. The highest BCUT2D eigenvalue weighted by molar-refractivity contribution is 7.90. The van der Waals surface area contributed by atoms with Gasteiger partial charge in [0.15, 0.2) is 9.84 Å². The molecule has 1 heterocycles. The molecule has 1 fully saturated rings. The lowest BCUT2D eigenvalue weighted by molar-refractivity contribution is 0.250. The zero-order chi connectivity index (χ0) is 17.3. The highest BCUT2D eigenvalue weighted by Crippen LogP contribution is 2.25. The standard InChI is InChI=1S/C15H24N2O4S2/c1-12(16)14-7-9-17(10-8-14)23(20,21)15-5-3-13(4-6-15)11-22(2,18)19/h3-6,12,14H,7-11,16H2,1-2H3. The number of hydrogen-bond acceptors (Lipinski definition) is 5. The lowest BCUT2D eigenvalue weighted by Gasteiger charge is -2.32. The number of sulfonamides is 1. The van der Waals surface area contributed by atoms with Crippen molar-refractivity contribution in [3.05, 3.63) is 29.8 Å². The van der Waals surface area contributed by atoms with E-state index in [1.54, 1.807) is 12.1 Å². The summed E-state index contributed by atoms with van der Waals surface area (Å²) in [6, 6.07) is 6.15. The molecule has 1 saturated heterocycles. The summed E-state index contributed by atoms with van der Waals surface area (Å²) in [5.41, 5.74) is 6.47. The Morgan fingerprint density at radius 1 is 1.13 bits per heavy atom. The van der Waals surface area contributed by atoms with Crippen LogP contribution < -0.4 is 5.73 Å². The van der Waals surface area contributed by atoms with Crippen LogP contribution in [-0.2, 0) is 25.6 Å². The molecule has 0 aliphatic carbocycles. The predicted molar refractivity (Wildman–Crippen MR) is 90.1 cm³/mol. The van der Waals surface area contributed by atoms with E-state index in [-0.39, 0.29) is 16.7 Å². The van der Waals surface area contributed by atoms with E-state index in [4.69, 9.17) is 5.73 Å². The first-order chi connectivity index (χ1) is 10.6. The smallest absolute Gasteiger partial charge is 0.243 e. The van der Waals surface area contributed by atoms with Gasteiger partial charge in [-0.15, -0.1) is 0 Å². The molecule has 2 rings (SSSR count). The second-order valence-electron chi connectivity index (χ2n) is 6.31. The monoisotopic (exact) mass is 360 g/mol.